The average Bonchev–Trinajstić information content (AvgIpc) is 3.10. The SMILES string of the molecule is N#Cc1ccc(-c2cccc(-n3nc(Oc4ccc(Cl)cc4)oc3=O)c2)cc1. The molecule has 0 aliphatic carbocycles. The molecule has 0 amide bonds. The van der Waals surface area contributed by atoms with Crippen molar-refractivity contribution in [3.05, 3.63) is 93.9 Å². The Morgan fingerprint density at radius 2 is 1.75 bits per heavy atom. The van der Waals surface area contributed by atoms with Crippen LogP contribution in [0.4, 0.5) is 0 Å². The van der Waals surface area contributed by atoms with Gasteiger partial charge in [-0.2, -0.15) is 9.94 Å². The first-order chi connectivity index (χ1) is 13.6. The predicted octanol–water partition coefficient (Wildman–Crippen LogP) is 4.81. The molecule has 136 valence electrons. The molecule has 0 saturated carbocycles. The molecule has 1 aromatic heterocycles. The minimum Gasteiger partial charge on any atom is -0.410 e. The molecule has 7 heteroatoms. The fraction of sp³-hybridized carbons (Fsp3) is 0. The molecule has 1 heterocycles. The fourth-order valence-corrected chi connectivity index (χ4v) is 2.75. The van der Waals surface area contributed by atoms with Crippen molar-refractivity contribution in [1.82, 2.24) is 9.78 Å². The summed E-state index contributed by atoms with van der Waals surface area (Å²) in [4.78, 5) is 12.2. The summed E-state index contributed by atoms with van der Waals surface area (Å²) in [6.45, 7) is 0. The number of nitrogens with zero attached hydrogens (tertiary/aromatic N) is 3. The lowest BCUT2D eigenvalue weighted by Gasteiger charge is -2.04. The Kier molecular flexibility index (Phi) is 4.67. The number of nitriles is 1. The van der Waals surface area contributed by atoms with Crippen molar-refractivity contribution in [3.63, 3.8) is 0 Å². The van der Waals surface area contributed by atoms with Gasteiger partial charge in [0.2, 0.25) is 0 Å². The van der Waals surface area contributed by atoms with E-state index in [0.29, 0.717) is 22.0 Å². The van der Waals surface area contributed by atoms with E-state index in [-0.39, 0.29) is 6.08 Å². The minimum atomic E-state index is -0.666. The Hall–Kier alpha value is -3.82. The normalized spacial score (nSPS) is 10.4. The average molecular weight is 390 g/mol. The van der Waals surface area contributed by atoms with Crippen LogP contribution in [0.2, 0.25) is 5.02 Å². The van der Waals surface area contributed by atoms with Gasteiger partial charge in [0.25, 0.3) is 0 Å². The van der Waals surface area contributed by atoms with Gasteiger partial charge in [-0.25, -0.2) is 4.79 Å². The van der Waals surface area contributed by atoms with Crippen molar-refractivity contribution in [2.45, 2.75) is 0 Å². The van der Waals surface area contributed by atoms with Crippen LogP contribution in [0, 0.1) is 11.3 Å². The first-order valence-corrected chi connectivity index (χ1v) is 8.65. The second-order valence-corrected chi connectivity index (χ2v) is 6.28. The number of rotatable bonds is 4. The lowest BCUT2D eigenvalue weighted by atomic mass is 10.0. The quantitative estimate of drug-likeness (QED) is 0.500. The molecule has 0 spiro atoms. The molecule has 0 fully saturated rings. The molecule has 0 unspecified atom stereocenters. The highest BCUT2D eigenvalue weighted by atomic mass is 35.5. The van der Waals surface area contributed by atoms with E-state index in [4.69, 9.17) is 26.0 Å². The molecule has 4 aromatic rings. The monoisotopic (exact) mass is 389 g/mol. The molecule has 0 saturated heterocycles. The van der Waals surface area contributed by atoms with E-state index in [1.165, 1.54) is 0 Å². The van der Waals surface area contributed by atoms with Crippen LogP contribution < -0.4 is 10.5 Å². The Morgan fingerprint density at radius 1 is 1.00 bits per heavy atom. The van der Waals surface area contributed by atoms with Gasteiger partial charge in [-0.05, 0) is 59.7 Å². The van der Waals surface area contributed by atoms with Gasteiger partial charge in [-0.15, -0.1) is 0 Å². The summed E-state index contributed by atoms with van der Waals surface area (Å²) in [5, 5.41) is 13.6. The highest BCUT2D eigenvalue weighted by Crippen LogP contribution is 2.24. The second-order valence-electron chi connectivity index (χ2n) is 5.84. The van der Waals surface area contributed by atoms with Crippen molar-refractivity contribution < 1.29 is 9.15 Å². The van der Waals surface area contributed by atoms with E-state index in [9.17, 15) is 4.79 Å². The molecule has 4 rings (SSSR count). The molecule has 6 nitrogen and oxygen atoms in total. The van der Waals surface area contributed by atoms with Crippen LogP contribution in [-0.4, -0.2) is 9.78 Å². The van der Waals surface area contributed by atoms with Crippen LogP contribution in [-0.2, 0) is 0 Å². The summed E-state index contributed by atoms with van der Waals surface area (Å²) in [6.07, 6.45) is -0.170. The highest BCUT2D eigenvalue weighted by Gasteiger charge is 2.13. The zero-order valence-corrected chi connectivity index (χ0v) is 15.1. The first kappa shape index (κ1) is 17.6. The van der Waals surface area contributed by atoms with Gasteiger partial charge in [0.05, 0.1) is 17.3 Å². The third-order valence-electron chi connectivity index (χ3n) is 3.99. The lowest BCUT2D eigenvalue weighted by Crippen LogP contribution is -2.13. The van der Waals surface area contributed by atoms with Crippen molar-refractivity contribution in [1.29, 1.82) is 5.26 Å². The molecular formula is C21H12ClN3O3. The molecule has 0 aliphatic rings. The summed E-state index contributed by atoms with van der Waals surface area (Å²) in [5.74, 6) is -0.218. The van der Waals surface area contributed by atoms with E-state index in [1.807, 2.05) is 24.3 Å². The number of hydrogen-bond acceptors (Lipinski definition) is 5. The van der Waals surface area contributed by atoms with Crippen LogP contribution in [0.5, 0.6) is 11.8 Å². The zero-order valence-electron chi connectivity index (χ0n) is 14.4. The highest BCUT2D eigenvalue weighted by molar-refractivity contribution is 6.30. The van der Waals surface area contributed by atoms with Crippen LogP contribution in [0.15, 0.2) is 82.0 Å². The second kappa shape index (κ2) is 7.43. The number of ether oxygens (including phenoxy) is 1. The van der Waals surface area contributed by atoms with Crippen molar-refractivity contribution in [3.8, 4) is 34.7 Å². The summed E-state index contributed by atoms with van der Waals surface area (Å²) in [7, 11) is 0. The van der Waals surface area contributed by atoms with Crippen molar-refractivity contribution in [2.75, 3.05) is 0 Å². The summed E-state index contributed by atoms with van der Waals surface area (Å²) in [6, 6.07) is 23.1. The third-order valence-corrected chi connectivity index (χ3v) is 4.24. The molecule has 0 aliphatic heterocycles. The molecular weight excluding hydrogens is 378 g/mol. The lowest BCUT2D eigenvalue weighted by molar-refractivity contribution is 0.320. The minimum absolute atomic E-state index is 0.170. The molecule has 0 atom stereocenters. The van der Waals surface area contributed by atoms with Gasteiger partial charge in [0.1, 0.15) is 5.75 Å². The van der Waals surface area contributed by atoms with Gasteiger partial charge in [-0.3, -0.25) is 0 Å². The van der Waals surface area contributed by atoms with Gasteiger partial charge in [0.15, 0.2) is 0 Å². The summed E-state index contributed by atoms with van der Waals surface area (Å²) in [5.41, 5.74) is 2.89. The maximum absolute atomic E-state index is 12.2. The number of aromatic nitrogens is 2. The van der Waals surface area contributed by atoms with E-state index < -0.39 is 5.76 Å². The van der Waals surface area contributed by atoms with Gasteiger partial charge in [0, 0.05) is 5.02 Å². The van der Waals surface area contributed by atoms with Gasteiger partial charge >= 0.3 is 11.8 Å². The fourth-order valence-electron chi connectivity index (χ4n) is 2.62. The number of benzene rings is 3. The largest absolute Gasteiger partial charge is 0.444 e. The van der Waals surface area contributed by atoms with E-state index in [2.05, 4.69) is 11.2 Å². The molecule has 0 bridgehead atoms. The zero-order chi connectivity index (χ0) is 19.5. The molecule has 0 radical (unpaired) electrons. The van der Waals surface area contributed by atoms with E-state index in [1.54, 1.807) is 48.5 Å². The van der Waals surface area contributed by atoms with Gasteiger partial charge in [-0.1, -0.05) is 41.0 Å². The van der Waals surface area contributed by atoms with Gasteiger partial charge < -0.3 is 9.15 Å². The third kappa shape index (κ3) is 3.65. The first-order valence-electron chi connectivity index (χ1n) is 8.27. The topological polar surface area (TPSA) is 81.1 Å². The van der Waals surface area contributed by atoms with Crippen LogP contribution >= 0.6 is 11.6 Å². The Labute approximate surface area is 164 Å². The van der Waals surface area contributed by atoms with Crippen LogP contribution in [0.25, 0.3) is 16.8 Å². The van der Waals surface area contributed by atoms with Crippen molar-refractivity contribution in [2.24, 2.45) is 0 Å². The maximum atomic E-state index is 12.2. The standard InChI is InChI=1S/C21H12ClN3O3/c22-17-8-10-19(11-9-17)27-20-24-25(21(26)28-20)18-3-1-2-16(12-18)15-6-4-14(13-23)5-7-15/h1-12H. The van der Waals surface area contributed by atoms with E-state index in [0.717, 1.165) is 15.8 Å². The maximum Gasteiger partial charge on any atom is 0.444 e. The predicted molar refractivity (Wildman–Crippen MR) is 104 cm³/mol. The Balaban J connectivity index is 1.64. The van der Waals surface area contributed by atoms with E-state index >= 15 is 0 Å². The smallest absolute Gasteiger partial charge is 0.410 e. The Morgan fingerprint density at radius 3 is 2.46 bits per heavy atom. The Bertz CT molecular complexity index is 1220. The van der Waals surface area contributed by atoms with Crippen LogP contribution in [0.3, 0.4) is 0 Å². The van der Waals surface area contributed by atoms with Crippen molar-refractivity contribution >= 4 is 11.6 Å². The number of hydrogen-bond donors (Lipinski definition) is 0. The molecule has 0 N–H and O–H groups in total. The summed E-state index contributed by atoms with van der Waals surface area (Å²) >= 11 is 5.84. The number of halogens is 1. The summed E-state index contributed by atoms with van der Waals surface area (Å²) < 4.78 is 11.7. The van der Waals surface area contributed by atoms with Crippen LogP contribution in [0.1, 0.15) is 5.56 Å². The molecule has 3 aromatic carbocycles. The molecule has 28 heavy (non-hydrogen) atoms.